The second kappa shape index (κ2) is 2.71. The quantitative estimate of drug-likeness (QED) is 0.582. The lowest BCUT2D eigenvalue weighted by molar-refractivity contribution is 1.43. The summed E-state index contributed by atoms with van der Waals surface area (Å²) in [7, 11) is 0. The predicted molar refractivity (Wildman–Crippen MR) is 61.5 cm³/mol. The van der Waals surface area contributed by atoms with Gasteiger partial charge in [-0.15, -0.1) is 0 Å². The van der Waals surface area contributed by atoms with Crippen LogP contribution >= 0.6 is 0 Å². The van der Waals surface area contributed by atoms with Gasteiger partial charge < -0.3 is 0 Å². The summed E-state index contributed by atoms with van der Waals surface area (Å²) in [5, 5.41) is 5.58. The van der Waals surface area contributed by atoms with Crippen molar-refractivity contribution >= 4 is 22.9 Å². The Balaban J connectivity index is 2.65. The monoisotopic (exact) mass is 180 g/mol. The van der Waals surface area contributed by atoms with Crippen molar-refractivity contribution in [3.63, 3.8) is 0 Å². The highest BCUT2D eigenvalue weighted by Crippen LogP contribution is 2.13. The van der Waals surface area contributed by atoms with Crippen LogP contribution in [0.4, 0.5) is 0 Å². The summed E-state index contributed by atoms with van der Waals surface area (Å²) >= 11 is 0. The van der Waals surface area contributed by atoms with Gasteiger partial charge in [0.15, 0.2) is 0 Å². The van der Waals surface area contributed by atoms with E-state index < -0.39 is 0 Å². The van der Waals surface area contributed by atoms with Gasteiger partial charge >= 0.3 is 0 Å². The summed E-state index contributed by atoms with van der Waals surface area (Å²) in [5.41, 5.74) is 1.42. The van der Waals surface area contributed by atoms with Gasteiger partial charge in [-0.2, -0.15) is 0 Å². The van der Waals surface area contributed by atoms with Crippen LogP contribution in [0.1, 0.15) is 12.0 Å². The standard InChI is InChI=1S/C14H12/c1-10-13-7-3-2-5-11(13)9-12-6-4-8-14(10)12/h2-3,5-9H,4H2,1H3. The van der Waals surface area contributed by atoms with Gasteiger partial charge in [-0.1, -0.05) is 36.4 Å². The molecular weight excluding hydrogens is 168 g/mol. The summed E-state index contributed by atoms with van der Waals surface area (Å²) in [6, 6.07) is 10.9. The van der Waals surface area contributed by atoms with Gasteiger partial charge in [-0.25, -0.2) is 0 Å². The highest BCUT2D eigenvalue weighted by Gasteiger charge is 2.02. The smallest absolute Gasteiger partial charge is 0.0148 e. The molecule has 0 bridgehead atoms. The van der Waals surface area contributed by atoms with Gasteiger partial charge in [0.1, 0.15) is 0 Å². The molecule has 1 aliphatic rings. The zero-order valence-corrected chi connectivity index (χ0v) is 8.25. The first kappa shape index (κ1) is 7.81. The Bertz CT molecular complexity index is 618. The van der Waals surface area contributed by atoms with E-state index in [1.807, 2.05) is 0 Å². The summed E-state index contributed by atoms with van der Waals surface area (Å²) in [6.45, 7) is 2.22. The van der Waals surface area contributed by atoms with Crippen LogP contribution in [-0.4, -0.2) is 0 Å². The minimum atomic E-state index is 1.09. The predicted octanol–water partition coefficient (Wildman–Crippen LogP) is 2.11. The second-order valence-corrected chi connectivity index (χ2v) is 3.87. The molecule has 14 heavy (non-hydrogen) atoms. The van der Waals surface area contributed by atoms with Crippen molar-refractivity contribution in [1.82, 2.24) is 0 Å². The maximum absolute atomic E-state index is 2.32. The molecule has 1 aliphatic carbocycles. The molecule has 0 unspecified atom stereocenters. The van der Waals surface area contributed by atoms with Gasteiger partial charge in [0, 0.05) is 0 Å². The van der Waals surface area contributed by atoms with Crippen LogP contribution in [-0.2, 0) is 0 Å². The molecular formula is C14H12. The molecule has 68 valence electrons. The zero-order valence-electron chi connectivity index (χ0n) is 8.25. The highest BCUT2D eigenvalue weighted by molar-refractivity contribution is 5.86. The molecule has 0 atom stereocenters. The molecule has 0 heteroatoms. The lowest BCUT2D eigenvalue weighted by atomic mass is 10.0. The van der Waals surface area contributed by atoms with E-state index in [1.54, 1.807) is 0 Å². The normalized spacial score (nSPS) is 13.5. The number of fused-ring (bicyclic) bond motifs is 2. The largest absolute Gasteiger partial charge is 0.0728 e. The van der Waals surface area contributed by atoms with Crippen molar-refractivity contribution in [3.8, 4) is 0 Å². The highest BCUT2D eigenvalue weighted by atomic mass is 14.1. The van der Waals surface area contributed by atoms with Crippen molar-refractivity contribution in [2.75, 3.05) is 0 Å². The lowest BCUT2D eigenvalue weighted by Crippen LogP contribution is -2.24. The van der Waals surface area contributed by atoms with E-state index in [4.69, 9.17) is 0 Å². The number of hydrogen-bond acceptors (Lipinski definition) is 0. The second-order valence-electron chi connectivity index (χ2n) is 3.87. The molecule has 0 heterocycles. The maximum atomic E-state index is 2.32. The average Bonchev–Trinajstić information content (AvgIpc) is 2.66. The van der Waals surface area contributed by atoms with E-state index in [-0.39, 0.29) is 0 Å². The van der Waals surface area contributed by atoms with E-state index in [1.165, 1.54) is 26.8 Å². The maximum Gasteiger partial charge on any atom is -0.0148 e. The molecule has 0 nitrogen and oxygen atoms in total. The fourth-order valence-corrected chi connectivity index (χ4v) is 2.31. The number of benzene rings is 2. The van der Waals surface area contributed by atoms with E-state index >= 15 is 0 Å². The molecule has 0 aliphatic heterocycles. The molecule has 0 spiro atoms. The van der Waals surface area contributed by atoms with Crippen molar-refractivity contribution in [2.45, 2.75) is 13.3 Å². The first-order chi connectivity index (χ1) is 6.86. The minimum absolute atomic E-state index is 1.09. The number of rotatable bonds is 0. The van der Waals surface area contributed by atoms with Crippen LogP contribution in [0.3, 0.4) is 0 Å². The van der Waals surface area contributed by atoms with E-state index in [2.05, 4.69) is 49.4 Å². The summed E-state index contributed by atoms with van der Waals surface area (Å²) in [6.07, 6.45) is 5.71. The molecule has 0 amide bonds. The van der Waals surface area contributed by atoms with E-state index in [0.29, 0.717) is 0 Å². The molecule has 0 saturated heterocycles. The fraction of sp³-hybridized carbons (Fsp3) is 0.143. The van der Waals surface area contributed by atoms with Crippen molar-refractivity contribution in [3.05, 3.63) is 46.3 Å². The van der Waals surface area contributed by atoms with Crippen LogP contribution < -0.4 is 10.4 Å². The Morgan fingerprint density at radius 1 is 1.07 bits per heavy atom. The zero-order chi connectivity index (χ0) is 9.54. The van der Waals surface area contributed by atoms with Crippen LogP contribution in [0, 0.1) is 6.92 Å². The summed E-state index contributed by atoms with van der Waals surface area (Å²) in [4.78, 5) is 0. The molecule has 0 aromatic heterocycles. The lowest BCUT2D eigenvalue weighted by Gasteiger charge is -2.02. The van der Waals surface area contributed by atoms with Gasteiger partial charge in [0.25, 0.3) is 0 Å². The summed E-state index contributed by atoms with van der Waals surface area (Å²) in [5.74, 6) is 0. The van der Waals surface area contributed by atoms with Gasteiger partial charge in [0.2, 0.25) is 0 Å². The Hall–Kier alpha value is -1.56. The molecule has 0 radical (unpaired) electrons. The minimum Gasteiger partial charge on any atom is -0.0728 e. The van der Waals surface area contributed by atoms with Crippen molar-refractivity contribution in [2.24, 2.45) is 0 Å². The first-order valence-corrected chi connectivity index (χ1v) is 5.05. The third-order valence-corrected chi connectivity index (χ3v) is 3.05. The third kappa shape index (κ3) is 0.941. The first-order valence-electron chi connectivity index (χ1n) is 5.05. The van der Waals surface area contributed by atoms with E-state index in [0.717, 1.165) is 6.42 Å². The SMILES string of the molecule is Cc1c2c(cc3ccccc13)=CCC=2. The average molecular weight is 180 g/mol. The fourth-order valence-electron chi connectivity index (χ4n) is 2.31. The van der Waals surface area contributed by atoms with Crippen molar-refractivity contribution < 1.29 is 0 Å². The molecule has 0 N–H and O–H groups in total. The third-order valence-electron chi connectivity index (χ3n) is 3.05. The van der Waals surface area contributed by atoms with Crippen LogP contribution in [0.15, 0.2) is 30.3 Å². The Kier molecular flexibility index (Phi) is 1.51. The van der Waals surface area contributed by atoms with Crippen LogP contribution in [0.25, 0.3) is 22.9 Å². The van der Waals surface area contributed by atoms with Gasteiger partial charge in [-0.05, 0) is 46.2 Å². The van der Waals surface area contributed by atoms with Crippen molar-refractivity contribution in [1.29, 1.82) is 0 Å². The number of hydrogen-bond donors (Lipinski definition) is 0. The molecule has 3 rings (SSSR count). The van der Waals surface area contributed by atoms with E-state index in [9.17, 15) is 0 Å². The molecule has 0 fully saturated rings. The Morgan fingerprint density at radius 3 is 2.86 bits per heavy atom. The molecule has 2 aromatic rings. The topological polar surface area (TPSA) is 0 Å². The van der Waals surface area contributed by atoms with Crippen LogP contribution in [0.2, 0.25) is 0 Å². The van der Waals surface area contributed by atoms with Gasteiger partial charge in [0.05, 0.1) is 0 Å². The summed E-state index contributed by atoms with van der Waals surface area (Å²) < 4.78 is 0. The number of aryl methyl sites for hydroxylation is 1. The Labute approximate surface area is 83.2 Å². The van der Waals surface area contributed by atoms with Crippen LogP contribution in [0.5, 0.6) is 0 Å². The Morgan fingerprint density at radius 2 is 1.93 bits per heavy atom. The van der Waals surface area contributed by atoms with Gasteiger partial charge in [-0.3, -0.25) is 0 Å². The molecule has 0 saturated carbocycles. The molecule has 2 aromatic carbocycles.